The number of nitrogens with zero attached hydrogens (tertiary/aromatic N) is 10. The first kappa shape index (κ1) is 51.3. The Balaban J connectivity index is 0.604. The van der Waals surface area contributed by atoms with E-state index >= 15 is 4.39 Å². The van der Waals surface area contributed by atoms with Crippen LogP contribution >= 0.6 is 0 Å². The van der Waals surface area contributed by atoms with Gasteiger partial charge in [0, 0.05) is 134 Å². The molecule has 4 saturated heterocycles. The summed E-state index contributed by atoms with van der Waals surface area (Å²) in [5.41, 5.74) is 2.45. The highest BCUT2D eigenvalue weighted by atomic mass is 19.1. The number of aryl methyl sites for hydroxylation is 1. The smallest absolute Gasteiger partial charge is 0.343 e. The minimum atomic E-state index is -0.738. The van der Waals surface area contributed by atoms with E-state index in [1.165, 1.54) is 17.2 Å². The fourth-order valence-corrected chi connectivity index (χ4v) is 12.5. The Morgan fingerprint density at radius 3 is 2.03 bits per heavy atom. The van der Waals surface area contributed by atoms with E-state index < -0.39 is 17.9 Å². The van der Waals surface area contributed by atoms with Gasteiger partial charge in [-0.15, -0.1) is 0 Å². The number of piperazine rings is 2. The van der Waals surface area contributed by atoms with Crippen LogP contribution in [0.25, 0.3) is 0 Å². The van der Waals surface area contributed by atoms with Crippen molar-refractivity contribution in [1.29, 1.82) is 0 Å². The van der Waals surface area contributed by atoms with Crippen LogP contribution in [0.5, 0.6) is 0 Å². The zero-order valence-electron chi connectivity index (χ0n) is 42.9. The van der Waals surface area contributed by atoms with E-state index in [9.17, 15) is 28.8 Å². The van der Waals surface area contributed by atoms with Crippen molar-refractivity contribution in [2.45, 2.75) is 103 Å². The summed E-state index contributed by atoms with van der Waals surface area (Å²) < 4.78 is 22.5. The minimum absolute atomic E-state index is 0.0157. The number of ether oxygens (including phenoxy) is 1. The number of likely N-dealkylation sites (tertiary alicyclic amines) is 1. The highest BCUT2D eigenvalue weighted by molar-refractivity contribution is 6.05. The average Bonchev–Trinajstić information content (AvgIpc) is 3.97. The quantitative estimate of drug-likeness (QED) is 0.154. The van der Waals surface area contributed by atoms with Crippen LogP contribution in [0.15, 0.2) is 30.7 Å². The van der Waals surface area contributed by atoms with Crippen molar-refractivity contribution in [3.8, 4) is 0 Å². The summed E-state index contributed by atoms with van der Waals surface area (Å²) in [5.74, 6) is 0.374. The van der Waals surface area contributed by atoms with Crippen molar-refractivity contribution in [2.75, 3.05) is 101 Å². The van der Waals surface area contributed by atoms with Crippen LogP contribution in [0, 0.1) is 29.5 Å². The molecule has 1 unspecified atom stereocenters. The van der Waals surface area contributed by atoms with Crippen LogP contribution in [-0.4, -0.2) is 177 Å². The number of piperidine rings is 2. The van der Waals surface area contributed by atoms with Crippen molar-refractivity contribution >= 4 is 58.6 Å². The number of nitrogens with one attached hydrogen (secondary N) is 3. The molecule has 6 fully saturated rings. The Kier molecular flexibility index (Phi) is 15.7. The van der Waals surface area contributed by atoms with Crippen molar-refractivity contribution in [2.24, 2.45) is 30.7 Å². The van der Waals surface area contributed by atoms with Crippen LogP contribution < -0.4 is 20.9 Å². The number of carbonyl (C=O) groups is 6. The predicted octanol–water partition coefficient (Wildman–Crippen LogP) is 4.01. The second kappa shape index (κ2) is 22.7. The van der Waals surface area contributed by atoms with Crippen molar-refractivity contribution in [3.63, 3.8) is 0 Å². The lowest BCUT2D eigenvalue weighted by Crippen LogP contribution is -2.52. The number of hydrogen-bond acceptors (Lipinski definition) is 15. The van der Waals surface area contributed by atoms with Gasteiger partial charge >= 0.3 is 5.97 Å². The van der Waals surface area contributed by atoms with E-state index in [0.29, 0.717) is 59.1 Å². The van der Waals surface area contributed by atoms with E-state index in [2.05, 4.69) is 50.6 Å². The van der Waals surface area contributed by atoms with Crippen molar-refractivity contribution in [1.82, 2.24) is 49.6 Å². The molecule has 7 heterocycles. The van der Waals surface area contributed by atoms with Gasteiger partial charge in [0.1, 0.15) is 23.2 Å². The summed E-state index contributed by atoms with van der Waals surface area (Å²) in [6.45, 7) is 11.7. The molecule has 20 nitrogen and oxygen atoms in total. The number of benzene rings is 1. The monoisotopic (exact) mass is 1020 g/mol. The van der Waals surface area contributed by atoms with Crippen LogP contribution in [0.1, 0.15) is 110 Å². The molecule has 0 bridgehead atoms. The molecule has 0 radical (unpaired) electrons. The Hall–Kier alpha value is -6.22. The number of fused-ring (bicyclic) bond motifs is 1. The van der Waals surface area contributed by atoms with Crippen LogP contribution in [-0.2, 0) is 37.5 Å². The molecular weight excluding hydrogens is 950 g/mol. The first-order valence-corrected chi connectivity index (χ1v) is 27.2. The van der Waals surface area contributed by atoms with Crippen LogP contribution in [0.3, 0.4) is 0 Å². The van der Waals surface area contributed by atoms with Gasteiger partial charge in [0.15, 0.2) is 0 Å². The molecule has 1 atom stereocenters. The topological polar surface area (TPSA) is 211 Å². The summed E-state index contributed by atoms with van der Waals surface area (Å²) in [5, 5.41) is 13.2. The number of esters is 1. The van der Waals surface area contributed by atoms with Crippen LogP contribution in [0.4, 0.5) is 27.5 Å². The number of aromatic nitrogens is 4. The van der Waals surface area contributed by atoms with Gasteiger partial charge in [-0.05, 0) is 107 Å². The van der Waals surface area contributed by atoms with Gasteiger partial charge < -0.3 is 35.0 Å². The van der Waals surface area contributed by atoms with Gasteiger partial charge in [-0.2, -0.15) is 10.1 Å². The van der Waals surface area contributed by atoms with E-state index in [4.69, 9.17) is 4.74 Å². The lowest BCUT2D eigenvalue weighted by atomic mass is 9.80. The molecule has 2 saturated carbocycles. The summed E-state index contributed by atoms with van der Waals surface area (Å²) in [6.07, 6.45) is 14.4. The molecule has 2 aliphatic carbocycles. The van der Waals surface area contributed by atoms with Gasteiger partial charge in [0.05, 0.1) is 24.2 Å². The second-order valence-corrected chi connectivity index (χ2v) is 21.7. The van der Waals surface area contributed by atoms with Gasteiger partial charge in [0.25, 0.3) is 5.91 Å². The minimum Gasteiger partial charge on any atom is -0.462 e. The Labute approximate surface area is 432 Å². The number of rotatable bonds is 14. The van der Waals surface area contributed by atoms with Crippen molar-refractivity contribution in [3.05, 3.63) is 53.2 Å². The molecule has 2 aromatic heterocycles. The third kappa shape index (κ3) is 11.7. The normalized spacial score (nSPS) is 25.4. The summed E-state index contributed by atoms with van der Waals surface area (Å²) in [6, 6.07) is 2.49. The molecule has 1 aromatic carbocycles. The molecule has 398 valence electrons. The van der Waals surface area contributed by atoms with E-state index in [1.54, 1.807) is 23.9 Å². The van der Waals surface area contributed by atoms with Gasteiger partial charge in [0.2, 0.25) is 29.6 Å². The molecule has 10 rings (SSSR count). The SMILES string of the molecule is CCOC(=O)c1cnc(Nc2cnn(C)c2)nc1NC1CCC(CN2CCN(C(=O)C3CCC(C(=O)N4CCC(CN5CCN(c6cc7c(cc6F)CN(C6CCC(=O)NC6=O)C7=O)CC5)CC4)CC3)CC2)CC1. The highest BCUT2D eigenvalue weighted by Crippen LogP contribution is 2.36. The molecule has 74 heavy (non-hydrogen) atoms. The Bertz CT molecular complexity index is 2560. The Morgan fingerprint density at radius 1 is 0.770 bits per heavy atom. The predicted molar refractivity (Wildman–Crippen MR) is 273 cm³/mol. The third-order valence-corrected chi connectivity index (χ3v) is 16.8. The van der Waals surface area contributed by atoms with Crippen molar-refractivity contribution < 1.29 is 37.9 Å². The molecule has 3 aromatic rings. The lowest BCUT2D eigenvalue weighted by Gasteiger charge is -2.41. The number of hydrogen-bond donors (Lipinski definition) is 3. The number of halogens is 1. The largest absolute Gasteiger partial charge is 0.462 e. The van der Waals surface area contributed by atoms with Crippen LogP contribution in [0.2, 0.25) is 0 Å². The second-order valence-electron chi connectivity index (χ2n) is 21.7. The number of anilines is 4. The maximum atomic E-state index is 15.5. The van der Waals surface area contributed by atoms with E-state index in [0.717, 1.165) is 135 Å². The number of imide groups is 1. The molecule has 5 amide bonds. The maximum absolute atomic E-state index is 15.5. The molecule has 3 N–H and O–H groups in total. The zero-order chi connectivity index (χ0) is 51.5. The number of amides is 5. The molecule has 21 heteroatoms. The summed E-state index contributed by atoms with van der Waals surface area (Å²) in [7, 11) is 1.83. The average molecular weight is 1020 g/mol. The molecule has 5 aliphatic heterocycles. The van der Waals surface area contributed by atoms with Gasteiger partial charge in [-0.3, -0.25) is 43.8 Å². The lowest BCUT2D eigenvalue weighted by molar-refractivity contribution is -0.143. The van der Waals surface area contributed by atoms with E-state index in [1.807, 2.05) is 18.1 Å². The molecular formula is C53H72FN13O7. The molecule has 0 spiro atoms. The zero-order valence-corrected chi connectivity index (χ0v) is 42.9. The first-order chi connectivity index (χ1) is 35.8. The fourth-order valence-electron chi connectivity index (χ4n) is 12.5. The van der Waals surface area contributed by atoms with Gasteiger partial charge in [-0.1, -0.05) is 0 Å². The maximum Gasteiger partial charge on any atom is 0.343 e. The van der Waals surface area contributed by atoms with E-state index in [-0.39, 0.29) is 73.3 Å². The molecule has 7 aliphatic rings. The highest BCUT2D eigenvalue weighted by Gasteiger charge is 2.41. The van der Waals surface area contributed by atoms with Gasteiger partial charge in [-0.25, -0.2) is 14.2 Å². The third-order valence-electron chi connectivity index (χ3n) is 16.8. The summed E-state index contributed by atoms with van der Waals surface area (Å²) in [4.78, 5) is 99.4. The Morgan fingerprint density at radius 2 is 1.41 bits per heavy atom. The number of carbonyl (C=O) groups excluding carboxylic acids is 6. The fraction of sp³-hybridized carbons (Fsp3) is 0.642. The first-order valence-electron chi connectivity index (χ1n) is 27.2. The summed E-state index contributed by atoms with van der Waals surface area (Å²) >= 11 is 0. The standard InChI is InChI=1S/C53H72FN13O7/c1-3-74-52(73)42-29-55-53(58-40-28-56-61(2)33-40)60-47(42)57-39-10-4-34(5-11-39)30-63-20-24-66(25-21-63)50(71)37-8-6-36(7-9-37)49(70)65-16-14-35(15-17-65)31-62-18-22-64(23-19-62)45-27-41-38(26-43(45)54)32-67(51(41)72)44-12-13-46(68)59-48(44)69/h26-29,33-37,39,44H,3-25,30-32H2,1-2H3,(H,59,68,69)(H2,55,57,58,60).